The normalized spacial score (nSPS) is 14.7. The summed E-state index contributed by atoms with van der Waals surface area (Å²) in [5.74, 6) is -2.70. The van der Waals surface area contributed by atoms with Crippen LogP contribution in [0.25, 0.3) is 0 Å². The summed E-state index contributed by atoms with van der Waals surface area (Å²) < 4.78 is 40.2. The third-order valence-corrected chi connectivity index (χ3v) is 2.73. The SMILES string of the molecule is O=C(O)c1ccc(C(O)C(O)CS)cc1OC(F)(F)F. The van der Waals surface area contributed by atoms with Crippen molar-refractivity contribution < 1.29 is 38.0 Å². The van der Waals surface area contributed by atoms with Crippen molar-refractivity contribution in [2.24, 2.45) is 0 Å². The lowest BCUT2D eigenvalue weighted by molar-refractivity contribution is -0.274. The largest absolute Gasteiger partial charge is 0.573 e. The van der Waals surface area contributed by atoms with E-state index in [0.29, 0.717) is 6.07 Å². The number of carboxylic acid groups (broad SMARTS) is 1. The Balaban J connectivity index is 3.20. The Morgan fingerprint density at radius 1 is 1.35 bits per heavy atom. The second kappa shape index (κ2) is 6.33. The van der Waals surface area contributed by atoms with Crippen LogP contribution in [0.15, 0.2) is 18.2 Å². The molecule has 0 aliphatic rings. The molecule has 1 aromatic carbocycles. The summed E-state index contributed by atoms with van der Waals surface area (Å²) in [4.78, 5) is 10.8. The average molecular weight is 312 g/mol. The first-order chi connectivity index (χ1) is 9.15. The maximum atomic E-state index is 12.2. The smallest absolute Gasteiger partial charge is 0.478 e. The van der Waals surface area contributed by atoms with Gasteiger partial charge in [-0.1, -0.05) is 6.07 Å². The Hall–Kier alpha value is -1.45. The summed E-state index contributed by atoms with van der Waals surface area (Å²) in [6, 6.07) is 2.66. The summed E-state index contributed by atoms with van der Waals surface area (Å²) in [5.41, 5.74) is -0.825. The van der Waals surface area contributed by atoms with Crippen LogP contribution in [-0.4, -0.2) is 39.5 Å². The third-order valence-electron chi connectivity index (χ3n) is 2.35. The van der Waals surface area contributed by atoms with Gasteiger partial charge < -0.3 is 20.1 Å². The number of thiol groups is 1. The molecule has 112 valence electrons. The summed E-state index contributed by atoms with van der Waals surface area (Å²) in [6.45, 7) is 0. The highest BCUT2D eigenvalue weighted by molar-refractivity contribution is 7.80. The summed E-state index contributed by atoms with van der Waals surface area (Å²) >= 11 is 3.74. The molecule has 0 saturated heterocycles. The van der Waals surface area contributed by atoms with E-state index < -0.39 is 35.9 Å². The lowest BCUT2D eigenvalue weighted by Crippen LogP contribution is -2.22. The summed E-state index contributed by atoms with van der Waals surface area (Å²) in [6.07, 6.45) is -7.89. The fraction of sp³-hybridized carbons (Fsp3) is 0.364. The number of rotatable bonds is 5. The van der Waals surface area contributed by atoms with Crippen LogP contribution < -0.4 is 4.74 Å². The zero-order chi connectivity index (χ0) is 15.5. The van der Waals surface area contributed by atoms with E-state index in [0.717, 1.165) is 12.1 Å². The zero-order valence-corrected chi connectivity index (χ0v) is 10.7. The van der Waals surface area contributed by atoms with Crippen molar-refractivity contribution in [2.45, 2.75) is 18.6 Å². The van der Waals surface area contributed by atoms with Crippen molar-refractivity contribution in [3.8, 4) is 5.75 Å². The molecule has 0 fully saturated rings. The average Bonchev–Trinajstić information content (AvgIpc) is 2.34. The molecule has 0 heterocycles. The lowest BCUT2D eigenvalue weighted by atomic mass is 10.0. The number of aliphatic hydroxyl groups is 2. The van der Waals surface area contributed by atoms with E-state index in [1.807, 2.05) is 0 Å². The van der Waals surface area contributed by atoms with Crippen molar-refractivity contribution in [2.75, 3.05) is 5.75 Å². The molecule has 0 bridgehead atoms. The highest BCUT2D eigenvalue weighted by atomic mass is 32.1. The van der Waals surface area contributed by atoms with Gasteiger partial charge >= 0.3 is 12.3 Å². The number of hydrogen-bond donors (Lipinski definition) is 4. The van der Waals surface area contributed by atoms with E-state index in [-0.39, 0.29) is 11.3 Å². The van der Waals surface area contributed by atoms with Gasteiger partial charge in [0.15, 0.2) is 0 Å². The van der Waals surface area contributed by atoms with Crippen LogP contribution in [0.5, 0.6) is 5.75 Å². The van der Waals surface area contributed by atoms with Crippen molar-refractivity contribution >= 4 is 18.6 Å². The Kier molecular flexibility index (Phi) is 5.26. The van der Waals surface area contributed by atoms with Gasteiger partial charge in [-0.05, 0) is 17.7 Å². The van der Waals surface area contributed by atoms with Gasteiger partial charge in [-0.25, -0.2) is 4.79 Å². The Morgan fingerprint density at radius 2 is 1.95 bits per heavy atom. The van der Waals surface area contributed by atoms with E-state index in [2.05, 4.69) is 17.4 Å². The second-order valence-electron chi connectivity index (χ2n) is 3.80. The molecule has 0 spiro atoms. The minimum atomic E-state index is -5.07. The molecule has 0 aliphatic heterocycles. The van der Waals surface area contributed by atoms with Crippen LogP contribution in [0.3, 0.4) is 0 Å². The van der Waals surface area contributed by atoms with Crippen molar-refractivity contribution in [1.29, 1.82) is 0 Å². The van der Waals surface area contributed by atoms with Crippen molar-refractivity contribution in [3.05, 3.63) is 29.3 Å². The first kappa shape index (κ1) is 16.6. The number of carbonyl (C=O) groups is 1. The van der Waals surface area contributed by atoms with Gasteiger partial charge in [0, 0.05) is 5.75 Å². The monoisotopic (exact) mass is 312 g/mol. The number of benzene rings is 1. The molecule has 1 rings (SSSR count). The number of hydrogen-bond acceptors (Lipinski definition) is 5. The molecule has 0 saturated carbocycles. The molecule has 20 heavy (non-hydrogen) atoms. The van der Waals surface area contributed by atoms with E-state index in [9.17, 15) is 28.2 Å². The van der Waals surface area contributed by atoms with Crippen molar-refractivity contribution in [3.63, 3.8) is 0 Å². The quantitative estimate of drug-likeness (QED) is 0.621. The van der Waals surface area contributed by atoms with Crippen LogP contribution in [0, 0.1) is 0 Å². The molecule has 5 nitrogen and oxygen atoms in total. The van der Waals surface area contributed by atoms with E-state index in [1.54, 1.807) is 0 Å². The predicted molar refractivity (Wildman–Crippen MR) is 64.9 cm³/mol. The maximum Gasteiger partial charge on any atom is 0.573 e. The van der Waals surface area contributed by atoms with Crippen LogP contribution >= 0.6 is 12.6 Å². The predicted octanol–water partition coefficient (Wildman–Crippen LogP) is 1.61. The number of alkyl halides is 3. The van der Waals surface area contributed by atoms with Gasteiger partial charge in [0.25, 0.3) is 0 Å². The molecule has 3 N–H and O–H groups in total. The van der Waals surface area contributed by atoms with Gasteiger partial charge in [0.2, 0.25) is 0 Å². The van der Waals surface area contributed by atoms with Crippen LogP contribution in [-0.2, 0) is 0 Å². The molecule has 1 aromatic rings. The van der Waals surface area contributed by atoms with Crippen LogP contribution in [0.1, 0.15) is 22.0 Å². The highest BCUT2D eigenvalue weighted by Crippen LogP contribution is 2.30. The summed E-state index contributed by atoms with van der Waals surface area (Å²) in [5, 5.41) is 27.8. The van der Waals surface area contributed by atoms with E-state index >= 15 is 0 Å². The molecular formula is C11H11F3O5S. The molecular weight excluding hydrogens is 301 g/mol. The summed E-state index contributed by atoms with van der Waals surface area (Å²) in [7, 11) is 0. The first-order valence-electron chi connectivity index (χ1n) is 5.25. The minimum absolute atomic E-state index is 0.115. The Morgan fingerprint density at radius 3 is 2.40 bits per heavy atom. The number of halogens is 3. The molecule has 0 aromatic heterocycles. The number of aliphatic hydroxyl groups excluding tert-OH is 2. The molecule has 9 heteroatoms. The fourth-order valence-corrected chi connectivity index (χ4v) is 1.63. The van der Waals surface area contributed by atoms with Gasteiger partial charge in [0.05, 0.1) is 6.10 Å². The Labute approximate surface area is 117 Å². The van der Waals surface area contributed by atoms with Crippen LogP contribution in [0.2, 0.25) is 0 Å². The number of aromatic carboxylic acids is 1. The first-order valence-corrected chi connectivity index (χ1v) is 5.89. The van der Waals surface area contributed by atoms with Gasteiger partial charge in [-0.2, -0.15) is 12.6 Å². The van der Waals surface area contributed by atoms with Crippen LogP contribution in [0.4, 0.5) is 13.2 Å². The molecule has 2 atom stereocenters. The van der Waals surface area contributed by atoms with Gasteiger partial charge in [-0.3, -0.25) is 0 Å². The molecule has 0 aliphatic carbocycles. The van der Waals surface area contributed by atoms with E-state index in [4.69, 9.17) is 5.11 Å². The van der Waals surface area contributed by atoms with Gasteiger partial charge in [-0.15, -0.1) is 13.2 Å². The molecule has 2 unspecified atom stereocenters. The third kappa shape index (κ3) is 4.29. The maximum absolute atomic E-state index is 12.2. The topological polar surface area (TPSA) is 87.0 Å². The number of ether oxygens (including phenoxy) is 1. The van der Waals surface area contributed by atoms with Gasteiger partial charge in [0.1, 0.15) is 17.4 Å². The molecule has 0 radical (unpaired) electrons. The standard InChI is InChI=1S/C11H11F3O5S/c12-11(13,14)19-8-3-5(9(16)7(15)4-20)1-2-6(8)10(17)18/h1-3,7,9,15-16,20H,4H2,(H,17,18). The fourth-order valence-electron chi connectivity index (χ4n) is 1.43. The minimum Gasteiger partial charge on any atom is -0.478 e. The Bertz CT molecular complexity index is 491. The van der Waals surface area contributed by atoms with E-state index in [1.165, 1.54) is 0 Å². The second-order valence-corrected chi connectivity index (χ2v) is 4.17. The number of carboxylic acids is 1. The lowest BCUT2D eigenvalue weighted by Gasteiger charge is -2.18. The molecule has 0 amide bonds. The zero-order valence-electron chi connectivity index (χ0n) is 9.83. The highest BCUT2D eigenvalue weighted by Gasteiger charge is 2.33. The van der Waals surface area contributed by atoms with Crippen molar-refractivity contribution in [1.82, 2.24) is 0 Å².